The van der Waals surface area contributed by atoms with Crippen LogP contribution in [0, 0.1) is 11.8 Å². The Morgan fingerprint density at radius 3 is 2.86 bits per heavy atom. The Bertz CT molecular complexity index is 198. The standard InChI is InChI=1S/C12H22N2/c1-2-12-7-11(1)9-14(12)6-4-10-3-5-13-8-10/h10-13H,1-9H2. The summed E-state index contributed by atoms with van der Waals surface area (Å²) < 4.78 is 0. The fourth-order valence-corrected chi connectivity index (χ4v) is 3.61. The van der Waals surface area contributed by atoms with Crippen LogP contribution in [0.3, 0.4) is 0 Å². The molecular formula is C12H22N2. The molecule has 2 heteroatoms. The quantitative estimate of drug-likeness (QED) is 0.732. The van der Waals surface area contributed by atoms with E-state index in [-0.39, 0.29) is 0 Å². The van der Waals surface area contributed by atoms with Gasteiger partial charge in [0.25, 0.3) is 0 Å². The summed E-state index contributed by atoms with van der Waals surface area (Å²) in [5.41, 5.74) is 0. The molecule has 0 radical (unpaired) electrons. The molecule has 14 heavy (non-hydrogen) atoms. The van der Waals surface area contributed by atoms with Crippen LogP contribution in [0.5, 0.6) is 0 Å². The largest absolute Gasteiger partial charge is 0.316 e. The monoisotopic (exact) mass is 194 g/mol. The van der Waals surface area contributed by atoms with Crippen LogP contribution in [0.2, 0.25) is 0 Å². The van der Waals surface area contributed by atoms with Crippen molar-refractivity contribution in [2.45, 2.75) is 38.1 Å². The van der Waals surface area contributed by atoms with Crippen molar-refractivity contribution in [2.24, 2.45) is 11.8 Å². The van der Waals surface area contributed by atoms with Crippen LogP contribution in [-0.4, -0.2) is 37.1 Å². The maximum absolute atomic E-state index is 3.46. The van der Waals surface area contributed by atoms with Gasteiger partial charge in [-0.1, -0.05) is 0 Å². The van der Waals surface area contributed by atoms with Crippen molar-refractivity contribution in [3.8, 4) is 0 Å². The van der Waals surface area contributed by atoms with Gasteiger partial charge in [-0.3, -0.25) is 0 Å². The van der Waals surface area contributed by atoms with Crippen LogP contribution in [0.25, 0.3) is 0 Å². The lowest BCUT2D eigenvalue weighted by Gasteiger charge is -2.27. The summed E-state index contributed by atoms with van der Waals surface area (Å²) in [6.07, 6.45) is 7.39. The number of rotatable bonds is 3. The van der Waals surface area contributed by atoms with Crippen LogP contribution in [-0.2, 0) is 0 Å². The molecule has 3 aliphatic rings. The third kappa shape index (κ3) is 1.70. The summed E-state index contributed by atoms with van der Waals surface area (Å²) in [5, 5.41) is 3.46. The smallest absolute Gasteiger partial charge is 0.00985 e. The Morgan fingerprint density at radius 1 is 1.21 bits per heavy atom. The molecule has 0 aromatic heterocycles. The molecule has 0 spiro atoms. The van der Waals surface area contributed by atoms with Gasteiger partial charge in [-0.25, -0.2) is 0 Å². The normalized spacial score (nSPS) is 42.4. The summed E-state index contributed by atoms with van der Waals surface area (Å²) in [6.45, 7) is 5.34. The van der Waals surface area contributed by atoms with Crippen molar-refractivity contribution in [1.29, 1.82) is 0 Å². The van der Waals surface area contributed by atoms with Crippen LogP contribution < -0.4 is 5.32 Å². The topological polar surface area (TPSA) is 15.3 Å². The first kappa shape index (κ1) is 9.17. The van der Waals surface area contributed by atoms with E-state index in [2.05, 4.69) is 10.2 Å². The van der Waals surface area contributed by atoms with E-state index >= 15 is 0 Å². The average molecular weight is 194 g/mol. The molecule has 1 aliphatic carbocycles. The Kier molecular flexibility index (Phi) is 2.50. The summed E-state index contributed by atoms with van der Waals surface area (Å²) in [4.78, 5) is 2.77. The molecule has 0 amide bonds. The molecule has 3 atom stereocenters. The predicted octanol–water partition coefficient (Wildman–Crippen LogP) is 1.47. The van der Waals surface area contributed by atoms with Crippen molar-refractivity contribution >= 4 is 0 Å². The van der Waals surface area contributed by atoms with Crippen LogP contribution >= 0.6 is 0 Å². The predicted molar refractivity (Wildman–Crippen MR) is 58.3 cm³/mol. The van der Waals surface area contributed by atoms with Gasteiger partial charge < -0.3 is 10.2 Å². The SMILES string of the molecule is C1CC(CCN2CC3CCC2C3)CN1. The van der Waals surface area contributed by atoms with E-state index in [1.165, 1.54) is 58.3 Å². The molecule has 0 aromatic carbocycles. The maximum Gasteiger partial charge on any atom is 0.00985 e. The van der Waals surface area contributed by atoms with Gasteiger partial charge in [-0.15, -0.1) is 0 Å². The number of hydrogen-bond donors (Lipinski definition) is 1. The Balaban J connectivity index is 1.44. The zero-order valence-electron chi connectivity index (χ0n) is 9.04. The first-order valence-corrected chi connectivity index (χ1v) is 6.36. The van der Waals surface area contributed by atoms with Gasteiger partial charge in [-0.2, -0.15) is 0 Å². The molecule has 0 aromatic rings. The highest BCUT2D eigenvalue weighted by atomic mass is 15.2. The molecule has 2 saturated heterocycles. The lowest BCUT2D eigenvalue weighted by Crippen LogP contribution is -2.33. The molecule has 2 bridgehead atoms. The molecule has 80 valence electrons. The van der Waals surface area contributed by atoms with Crippen molar-refractivity contribution in [3.63, 3.8) is 0 Å². The van der Waals surface area contributed by atoms with Gasteiger partial charge in [0.15, 0.2) is 0 Å². The molecular weight excluding hydrogens is 172 g/mol. The third-order valence-electron chi connectivity index (χ3n) is 4.51. The molecule has 2 nitrogen and oxygen atoms in total. The second-order valence-corrected chi connectivity index (χ2v) is 5.48. The van der Waals surface area contributed by atoms with Crippen molar-refractivity contribution in [1.82, 2.24) is 10.2 Å². The maximum atomic E-state index is 3.46. The van der Waals surface area contributed by atoms with Crippen LogP contribution in [0.1, 0.15) is 32.1 Å². The first-order chi connectivity index (χ1) is 6.92. The fourth-order valence-electron chi connectivity index (χ4n) is 3.61. The second kappa shape index (κ2) is 3.82. The molecule has 3 rings (SSSR count). The van der Waals surface area contributed by atoms with Crippen LogP contribution in [0.4, 0.5) is 0 Å². The van der Waals surface area contributed by atoms with E-state index in [1.54, 1.807) is 0 Å². The van der Waals surface area contributed by atoms with Gasteiger partial charge in [0.2, 0.25) is 0 Å². The van der Waals surface area contributed by atoms with Gasteiger partial charge in [-0.05, 0) is 63.6 Å². The second-order valence-electron chi connectivity index (χ2n) is 5.48. The van der Waals surface area contributed by atoms with E-state index in [4.69, 9.17) is 0 Å². The zero-order valence-corrected chi connectivity index (χ0v) is 9.04. The molecule has 1 N–H and O–H groups in total. The number of piperidine rings is 1. The van der Waals surface area contributed by atoms with Crippen molar-refractivity contribution in [2.75, 3.05) is 26.2 Å². The minimum Gasteiger partial charge on any atom is -0.316 e. The summed E-state index contributed by atoms with van der Waals surface area (Å²) in [6, 6.07) is 0.981. The summed E-state index contributed by atoms with van der Waals surface area (Å²) >= 11 is 0. The number of fused-ring (bicyclic) bond motifs is 2. The Morgan fingerprint density at radius 2 is 2.21 bits per heavy atom. The molecule has 2 heterocycles. The fraction of sp³-hybridized carbons (Fsp3) is 1.00. The lowest BCUT2D eigenvalue weighted by atomic mass is 10.0. The number of hydrogen-bond acceptors (Lipinski definition) is 2. The van der Waals surface area contributed by atoms with Crippen molar-refractivity contribution in [3.05, 3.63) is 0 Å². The van der Waals surface area contributed by atoms with Gasteiger partial charge >= 0.3 is 0 Å². The Hall–Kier alpha value is -0.0800. The highest BCUT2D eigenvalue weighted by Gasteiger charge is 2.37. The highest BCUT2D eigenvalue weighted by molar-refractivity contribution is 4.92. The van der Waals surface area contributed by atoms with E-state index in [9.17, 15) is 0 Å². The summed E-state index contributed by atoms with van der Waals surface area (Å²) in [5.74, 6) is 2.05. The van der Waals surface area contributed by atoms with Crippen molar-refractivity contribution < 1.29 is 0 Å². The number of likely N-dealkylation sites (tertiary alicyclic amines) is 1. The van der Waals surface area contributed by atoms with Gasteiger partial charge in [0.05, 0.1) is 0 Å². The van der Waals surface area contributed by atoms with Gasteiger partial charge in [0, 0.05) is 12.6 Å². The third-order valence-corrected chi connectivity index (χ3v) is 4.51. The molecule has 1 saturated carbocycles. The van der Waals surface area contributed by atoms with E-state index in [0.29, 0.717) is 0 Å². The average Bonchev–Trinajstić information content (AvgIpc) is 2.91. The molecule has 3 unspecified atom stereocenters. The highest BCUT2D eigenvalue weighted by Crippen LogP contribution is 2.37. The lowest BCUT2D eigenvalue weighted by molar-refractivity contribution is 0.201. The van der Waals surface area contributed by atoms with Crippen LogP contribution in [0.15, 0.2) is 0 Å². The van der Waals surface area contributed by atoms with E-state index in [0.717, 1.165) is 17.9 Å². The molecule has 3 fully saturated rings. The molecule has 2 aliphatic heterocycles. The minimum absolute atomic E-state index is 0.981. The zero-order chi connectivity index (χ0) is 9.38. The van der Waals surface area contributed by atoms with E-state index < -0.39 is 0 Å². The number of nitrogens with zero attached hydrogens (tertiary/aromatic N) is 1. The minimum atomic E-state index is 0.981. The van der Waals surface area contributed by atoms with E-state index in [1.807, 2.05) is 0 Å². The number of nitrogens with one attached hydrogen (secondary N) is 1. The first-order valence-electron chi connectivity index (χ1n) is 6.36. The Labute approximate surface area is 87.0 Å². The van der Waals surface area contributed by atoms with Gasteiger partial charge in [0.1, 0.15) is 0 Å². The summed E-state index contributed by atoms with van der Waals surface area (Å²) in [7, 11) is 0.